The van der Waals surface area contributed by atoms with Crippen molar-refractivity contribution < 1.29 is 0 Å². The minimum Gasteiger partial charge on any atom is -0.399 e. The van der Waals surface area contributed by atoms with Crippen LogP contribution in [0, 0.1) is 0 Å². The van der Waals surface area contributed by atoms with E-state index >= 15 is 0 Å². The number of nitrogens with two attached hydrogens (primary N) is 1. The summed E-state index contributed by atoms with van der Waals surface area (Å²) < 4.78 is 0. The van der Waals surface area contributed by atoms with E-state index in [1.54, 1.807) is 0 Å². The molecule has 1 aromatic carbocycles. The fourth-order valence-corrected chi connectivity index (χ4v) is 1.61. The maximum atomic E-state index is 5.66. The van der Waals surface area contributed by atoms with Gasteiger partial charge in [0.15, 0.2) is 0 Å². The van der Waals surface area contributed by atoms with Crippen molar-refractivity contribution in [3.8, 4) is 0 Å². The average molecular weight is 206 g/mol. The highest BCUT2D eigenvalue weighted by Crippen LogP contribution is 2.09. The molecule has 0 aliphatic rings. The van der Waals surface area contributed by atoms with Crippen LogP contribution >= 0.6 is 0 Å². The first-order valence-electron chi connectivity index (χ1n) is 5.83. The van der Waals surface area contributed by atoms with E-state index < -0.39 is 0 Å². The highest BCUT2D eigenvalue weighted by molar-refractivity contribution is 5.39. The molecule has 0 spiro atoms. The fourth-order valence-electron chi connectivity index (χ4n) is 1.61. The summed E-state index contributed by atoms with van der Waals surface area (Å²) in [6.45, 7) is 7.79. The summed E-state index contributed by atoms with van der Waals surface area (Å²) in [5, 5.41) is 0. The first-order chi connectivity index (χ1) is 7.26. The molecule has 0 radical (unpaired) electrons. The van der Waals surface area contributed by atoms with Gasteiger partial charge in [0.05, 0.1) is 0 Å². The molecular formula is C13H22N2. The van der Waals surface area contributed by atoms with Gasteiger partial charge in [0.2, 0.25) is 0 Å². The molecule has 2 N–H and O–H groups in total. The van der Waals surface area contributed by atoms with Crippen molar-refractivity contribution in [2.24, 2.45) is 0 Å². The molecule has 0 aromatic heterocycles. The Morgan fingerprint density at radius 1 is 1.13 bits per heavy atom. The first kappa shape index (κ1) is 12.1. The Balaban J connectivity index is 2.47. The molecule has 2 heteroatoms. The molecule has 0 saturated carbocycles. The standard InChI is InChI=1S/C13H22N2/c1-3-5-10-15(4-2)11-12-6-8-13(14)9-7-12/h6-9H,3-5,10-11,14H2,1-2H3. The predicted octanol–water partition coefficient (Wildman–Crippen LogP) is 2.89. The maximum absolute atomic E-state index is 5.66. The summed E-state index contributed by atoms with van der Waals surface area (Å²) >= 11 is 0. The zero-order chi connectivity index (χ0) is 11.1. The van der Waals surface area contributed by atoms with Crippen LogP contribution in [0.4, 0.5) is 5.69 Å². The lowest BCUT2D eigenvalue weighted by atomic mass is 10.2. The summed E-state index contributed by atoms with van der Waals surface area (Å²) in [6.07, 6.45) is 2.54. The van der Waals surface area contributed by atoms with E-state index in [4.69, 9.17) is 5.73 Å². The van der Waals surface area contributed by atoms with Crippen LogP contribution in [0.3, 0.4) is 0 Å². The molecule has 0 aliphatic heterocycles. The van der Waals surface area contributed by atoms with E-state index in [-0.39, 0.29) is 0 Å². The molecular weight excluding hydrogens is 184 g/mol. The lowest BCUT2D eigenvalue weighted by Gasteiger charge is -2.20. The second kappa shape index (κ2) is 6.46. The van der Waals surface area contributed by atoms with Crippen molar-refractivity contribution in [1.29, 1.82) is 0 Å². The quantitative estimate of drug-likeness (QED) is 0.725. The van der Waals surface area contributed by atoms with E-state index in [1.165, 1.54) is 24.9 Å². The number of rotatable bonds is 6. The highest BCUT2D eigenvalue weighted by Gasteiger charge is 2.02. The van der Waals surface area contributed by atoms with Crippen LogP contribution < -0.4 is 5.73 Å². The fraction of sp³-hybridized carbons (Fsp3) is 0.538. The van der Waals surface area contributed by atoms with Gasteiger partial charge in [0, 0.05) is 12.2 Å². The zero-order valence-electron chi connectivity index (χ0n) is 9.87. The number of nitrogens with zero attached hydrogens (tertiary/aromatic N) is 1. The number of nitrogen functional groups attached to an aromatic ring is 1. The van der Waals surface area contributed by atoms with E-state index in [0.29, 0.717) is 0 Å². The molecule has 2 nitrogen and oxygen atoms in total. The number of unbranched alkanes of at least 4 members (excludes halogenated alkanes) is 1. The third-order valence-corrected chi connectivity index (χ3v) is 2.66. The smallest absolute Gasteiger partial charge is 0.0314 e. The van der Waals surface area contributed by atoms with Crippen LogP contribution in [-0.4, -0.2) is 18.0 Å². The maximum Gasteiger partial charge on any atom is 0.0314 e. The van der Waals surface area contributed by atoms with E-state index in [2.05, 4.69) is 30.9 Å². The van der Waals surface area contributed by atoms with Crippen molar-refractivity contribution in [2.75, 3.05) is 18.8 Å². The Labute approximate surface area is 93.1 Å². The summed E-state index contributed by atoms with van der Waals surface area (Å²) in [5.41, 5.74) is 7.85. The van der Waals surface area contributed by atoms with Crippen LogP contribution in [0.2, 0.25) is 0 Å². The normalized spacial score (nSPS) is 10.9. The van der Waals surface area contributed by atoms with Gasteiger partial charge >= 0.3 is 0 Å². The molecule has 1 aromatic rings. The van der Waals surface area contributed by atoms with Gasteiger partial charge in [0.1, 0.15) is 0 Å². The third-order valence-electron chi connectivity index (χ3n) is 2.66. The van der Waals surface area contributed by atoms with Gasteiger partial charge in [-0.05, 0) is 37.2 Å². The molecule has 15 heavy (non-hydrogen) atoms. The van der Waals surface area contributed by atoms with Crippen molar-refractivity contribution in [3.63, 3.8) is 0 Å². The van der Waals surface area contributed by atoms with Crippen molar-refractivity contribution in [2.45, 2.75) is 33.2 Å². The number of hydrogen-bond donors (Lipinski definition) is 1. The lowest BCUT2D eigenvalue weighted by molar-refractivity contribution is 0.275. The van der Waals surface area contributed by atoms with Crippen LogP contribution in [0.5, 0.6) is 0 Å². The SMILES string of the molecule is CCCCN(CC)Cc1ccc(N)cc1. The van der Waals surface area contributed by atoms with Crippen LogP contribution in [0.15, 0.2) is 24.3 Å². The Hall–Kier alpha value is -1.02. The predicted molar refractivity (Wildman–Crippen MR) is 66.7 cm³/mol. The average Bonchev–Trinajstić information content (AvgIpc) is 2.27. The molecule has 0 atom stereocenters. The molecule has 0 aliphatic carbocycles. The minimum absolute atomic E-state index is 0.843. The van der Waals surface area contributed by atoms with Gasteiger partial charge in [-0.15, -0.1) is 0 Å². The van der Waals surface area contributed by atoms with E-state index in [9.17, 15) is 0 Å². The number of hydrogen-bond acceptors (Lipinski definition) is 2. The van der Waals surface area contributed by atoms with Crippen molar-refractivity contribution in [3.05, 3.63) is 29.8 Å². The van der Waals surface area contributed by atoms with Gasteiger partial charge in [-0.2, -0.15) is 0 Å². The number of benzene rings is 1. The minimum atomic E-state index is 0.843. The highest BCUT2D eigenvalue weighted by atomic mass is 15.1. The van der Waals surface area contributed by atoms with Gasteiger partial charge in [-0.3, -0.25) is 4.90 Å². The number of anilines is 1. The van der Waals surface area contributed by atoms with Crippen LogP contribution in [-0.2, 0) is 6.54 Å². The Bertz CT molecular complexity index is 266. The first-order valence-corrected chi connectivity index (χ1v) is 5.83. The summed E-state index contributed by atoms with van der Waals surface area (Å²) in [5.74, 6) is 0. The van der Waals surface area contributed by atoms with Gasteiger partial charge < -0.3 is 5.73 Å². The summed E-state index contributed by atoms with van der Waals surface area (Å²) in [4.78, 5) is 2.47. The Morgan fingerprint density at radius 2 is 1.80 bits per heavy atom. The van der Waals surface area contributed by atoms with E-state index in [1.807, 2.05) is 12.1 Å². The Kier molecular flexibility index (Phi) is 5.19. The Morgan fingerprint density at radius 3 is 2.33 bits per heavy atom. The molecule has 0 unspecified atom stereocenters. The van der Waals surface area contributed by atoms with Gasteiger partial charge in [0.25, 0.3) is 0 Å². The molecule has 0 bridgehead atoms. The summed E-state index contributed by atoms with van der Waals surface area (Å²) in [7, 11) is 0. The van der Waals surface area contributed by atoms with E-state index in [0.717, 1.165) is 18.8 Å². The molecule has 84 valence electrons. The largest absolute Gasteiger partial charge is 0.399 e. The lowest BCUT2D eigenvalue weighted by Crippen LogP contribution is -2.23. The second-order valence-electron chi connectivity index (χ2n) is 3.96. The molecule has 0 fully saturated rings. The monoisotopic (exact) mass is 206 g/mol. The van der Waals surface area contributed by atoms with Crippen molar-refractivity contribution >= 4 is 5.69 Å². The van der Waals surface area contributed by atoms with Crippen molar-refractivity contribution in [1.82, 2.24) is 4.90 Å². The topological polar surface area (TPSA) is 29.3 Å². The summed E-state index contributed by atoms with van der Waals surface area (Å²) in [6, 6.07) is 8.18. The van der Waals surface area contributed by atoms with Crippen LogP contribution in [0.1, 0.15) is 32.3 Å². The van der Waals surface area contributed by atoms with Gasteiger partial charge in [-0.25, -0.2) is 0 Å². The zero-order valence-corrected chi connectivity index (χ0v) is 9.87. The second-order valence-corrected chi connectivity index (χ2v) is 3.96. The molecule has 1 rings (SSSR count). The van der Waals surface area contributed by atoms with Gasteiger partial charge in [-0.1, -0.05) is 32.4 Å². The van der Waals surface area contributed by atoms with Crippen LogP contribution in [0.25, 0.3) is 0 Å². The molecule has 0 saturated heterocycles. The third kappa shape index (κ3) is 4.34. The molecule has 0 amide bonds. The molecule has 0 heterocycles.